The van der Waals surface area contributed by atoms with Crippen molar-refractivity contribution in [3.8, 4) is 5.75 Å². The highest BCUT2D eigenvalue weighted by molar-refractivity contribution is 7.09. The van der Waals surface area contributed by atoms with Crippen molar-refractivity contribution in [1.29, 1.82) is 0 Å². The monoisotopic (exact) mass is 334 g/mol. The summed E-state index contributed by atoms with van der Waals surface area (Å²) in [5.41, 5.74) is 11.7. The third-order valence-corrected chi connectivity index (χ3v) is 3.78. The van der Waals surface area contributed by atoms with Crippen LogP contribution >= 0.6 is 11.3 Å². The first-order valence-corrected chi connectivity index (χ1v) is 7.89. The third-order valence-electron chi connectivity index (χ3n) is 2.88. The number of benzene rings is 1. The Kier molecular flexibility index (Phi) is 6.07. The summed E-state index contributed by atoms with van der Waals surface area (Å²) in [5, 5.41) is 5.35. The van der Waals surface area contributed by atoms with Crippen LogP contribution in [0.4, 0.5) is 0 Å². The zero-order chi connectivity index (χ0) is 16.7. The fraction of sp³-hybridized carbons (Fsp3) is 0.267. The zero-order valence-electron chi connectivity index (χ0n) is 12.5. The molecule has 23 heavy (non-hydrogen) atoms. The maximum absolute atomic E-state index is 12.0. The second-order valence-corrected chi connectivity index (χ2v) is 5.69. The van der Waals surface area contributed by atoms with Crippen molar-refractivity contribution in [1.82, 2.24) is 10.3 Å². The first-order valence-electron chi connectivity index (χ1n) is 7.01. The van der Waals surface area contributed by atoms with E-state index in [1.54, 1.807) is 23.6 Å². The van der Waals surface area contributed by atoms with Crippen molar-refractivity contribution in [2.45, 2.75) is 13.0 Å². The van der Waals surface area contributed by atoms with E-state index in [9.17, 15) is 9.59 Å². The van der Waals surface area contributed by atoms with Crippen molar-refractivity contribution in [3.63, 3.8) is 0 Å². The van der Waals surface area contributed by atoms with Gasteiger partial charge in [-0.25, -0.2) is 4.98 Å². The fourth-order valence-electron chi connectivity index (χ4n) is 1.83. The van der Waals surface area contributed by atoms with E-state index in [0.29, 0.717) is 31.0 Å². The van der Waals surface area contributed by atoms with Crippen LogP contribution in [0.3, 0.4) is 0 Å². The summed E-state index contributed by atoms with van der Waals surface area (Å²) < 4.78 is 5.22. The summed E-state index contributed by atoms with van der Waals surface area (Å²) >= 11 is 1.42. The van der Waals surface area contributed by atoms with Crippen molar-refractivity contribution >= 4 is 23.2 Å². The molecule has 0 spiro atoms. The lowest BCUT2D eigenvalue weighted by Gasteiger charge is -2.07. The Morgan fingerprint density at radius 3 is 2.91 bits per heavy atom. The summed E-state index contributed by atoms with van der Waals surface area (Å²) in [6.45, 7) is 0.654. The van der Waals surface area contributed by atoms with E-state index in [2.05, 4.69) is 10.3 Å². The predicted molar refractivity (Wildman–Crippen MR) is 87.2 cm³/mol. The van der Waals surface area contributed by atoms with Crippen LogP contribution in [0.15, 0.2) is 29.6 Å². The van der Waals surface area contributed by atoms with Gasteiger partial charge >= 0.3 is 0 Å². The molecule has 2 aromatic rings. The van der Waals surface area contributed by atoms with Gasteiger partial charge in [0.15, 0.2) is 6.61 Å². The van der Waals surface area contributed by atoms with Crippen LogP contribution in [-0.2, 0) is 17.8 Å². The number of hydrogen-bond donors (Lipinski definition) is 3. The molecule has 0 unspecified atom stereocenters. The second kappa shape index (κ2) is 8.25. The molecule has 0 fully saturated rings. The molecule has 8 heteroatoms. The Bertz CT molecular complexity index is 687. The van der Waals surface area contributed by atoms with Crippen LogP contribution in [0.25, 0.3) is 0 Å². The highest BCUT2D eigenvalue weighted by Gasteiger charge is 2.10. The molecule has 1 aromatic carbocycles. The molecule has 5 N–H and O–H groups in total. The average Bonchev–Trinajstić information content (AvgIpc) is 3.00. The number of primary amides is 1. The summed E-state index contributed by atoms with van der Waals surface area (Å²) in [6, 6.07) is 7.08. The van der Waals surface area contributed by atoms with Gasteiger partial charge in [-0.3, -0.25) is 9.59 Å². The maximum atomic E-state index is 12.0. The van der Waals surface area contributed by atoms with E-state index in [-0.39, 0.29) is 12.5 Å². The number of nitrogens with zero attached hydrogens (tertiary/aromatic N) is 1. The van der Waals surface area contributed by atoms with Crippen LogP contribution in [0.2, 0.25) is 0 Å². The molecule has 0 atom stereocenters. The van der Waals surface area contributed by atoms with E-state index >= 15 is 0 Å². The summed E-state index contributed by atoms with van der Waals surface area (Å²) in [4.78, 5) is 27.0. The van der Waals surface area contributed by atoms with Crippen LogP contribution in [-0.4, -0.2) is 29.9 Å². The predicted octanol–water partition coefficient (Wildman–Crippen LogP) is 0.438. The molecule has 0 aliphatic heterocycles. The lowest BCUT2D eigenvalue weighted by Crippen LogP contribution is -2.23. The van der Waals surface area contributed by atoms with Crippen LogP contribution in [0.5, 0.6) is 5.75 Å². The molecule has 1 aromatic heterocycles. The van der Waals surface area contributed by atoms with Gasteiger partial charge in [-0.1, -0.05) is 12.1 Å². The topological polar surface area (TPSA) is 120 Å². The second-order valence-electron chi connectivity index (χ2n) is 4.75. The van der Waals surface area contributed by atoms with Gasteiger partial charge in [-0.05, 0) is 24.2 Å². The maximum Gasteiger partial charge on any atom is 0.271 e. The number of thiazole rings is 1. The Morgan fingerprint density at radius 1 is 1.35 bits per heavy atom. The highest BCUT2D eigenvalue weighted by atomic mass is 32.1. The third kappa shape index (κ3) is 5.35. The molecule has 0 aliphatic carbocycles. The number of aromatic nitrogens is 1. The highest BCUT2D eigenvalue weighted by Crippen LogP contribution is 2.14. The number of nitrogens with one attached hydrogen (secondary N) is 1. The minimum atomic E-state index is -0.541. The fourth-order valence-corrected chi connectivity index (χ4v) is 2.62. The number of rotatable bonds is 8. The standard InChI is InChI=1S/C15H18N4O3S/c16-5-4-14-19-12(9-23-14)15(21)18-7-10-2-1-3-11(6-10)22-8-13(17)20/h1-3,6,9H,4-5,7-8,16H2,(H2,17,20)(H,18,21). The summed E-state index contributed by atoms with van der Waals surface area (Å²) in [6.07, 6.45) is 0.664. The normalized spacial score (nSPS) is 10.3. The van der Waals surface area contributed by atoms with E-state index < -0.39 is 5.91 Å². The number of carbonyl (C=O) groups is 2. The first-order chi connectivity index (χ1) is 11.1. The van der Waals surface area contributed by atoms with Gasteiger partial charge in [0.05, 0.1) is 5.01 Å². The van der Waals surface area contributed by atoms with Gasteiger partial charge in [0, 0.05) is 18.3 Å². The molecule has 0 saturated carbocycles. The Morgan fingerprint density at radius 2 is 2.17 bits per heavy atom. The molecule has 0 saturated heterocycles. The van der Waals surface area contributed by atoms with Gasteiger partial charge in [0.2, 0.25) is 0 Å². The van der Waals surface area contributed by atoms with Gasteiger partial charge in [0.25, 0.3) is 11.8 Å². The molecule has 0 bridgehead atoms. The molecular weight excluding hydrogens is 316 g/mol. The lowest BCUT2D eigenvalue weighted by molar-refractivity contribution is -0.119. The smallest absolute Gasteiger partial charge is 0.271 e. The summed E-state index contributed by atoms with van der Waals surface area (Å²) in [7, 11) is 0. The molecular formula is C15H18N4O3S. The number of nitrogens with two attached hydrogens (primary N) is 2. The van der Waals surface area contributed by atoms with Crippen molar-refractivity contribution in [3.05, 3.63) is 45.9 Å². The van der Waals surface area contributed by atoms with E-state index in [0.717, 1.165) is 10.6 Å². The number of hydrogen-bond acceptors (Lipinski definition) is 6. The molecule has 7 nitrogen and oxygen atoms in total. The van der Waals surface area contributed by atoms with Gasteiger partial charge < -0.3 is 21.5 Å². The average molecular weight is 334 g/mol. The minimum Gasteiger partial charge on any atom is -0.484 e. The molecule has 0 aliphatic rings. The van der Waals surface area contributed by atoms with Crippen LogP contribution in [0, 0.1) is 0 Å². The van der Waals surface area contributed by atoms with Gasteiger partial charge in [-0.2, -0.15) is 0 Å². The molecule has 2 amide bonds. The van der Waals surface area contributed by atoms with Gasteiger partial charge in [-0.15, -0.1) is 11.3 Å². The first kappa shape index (κ1) is 16.9. The van der Waals surface area contributed by atoms with E-state index in [1.807, 2.05) is 6.07 Å². The van der Waals surface area contributed by atoms with E-state index in [1.165, 1.54) is 11.3 Å². The molecule has 1 heterocycles. The Labute approximate surface area is 137 Å². The molecule has 2 rings (SSSR count). The molecule has 0 radical (unpaired) electrons. The minimum absolute atomic E-state index is 0.182. The van der Waals surface area contributed by atoms with Crippen molar-refractivity contribution in [2.24, 2.45) is 11.5 Å². The van der Waals surface area contributed by atoms with Crippen molar-refractivity contribution in [2.75, 3.05) is 13.2 Å². The SMILES string of the molecule is NCCc1nc(C(=O)NCc2cccc(OCC(N)=O)c2)cs1. The Balaban J connectivity index is 1.90. The van der Waals surface area contributed by atoms with E-state index in [4.69, 9.17) is 16.2 Å². The zero-order valence-corrected chi connectivity index (χ0v) is 13.3. The van der Waals surface area contributed by atoms with Crippen molar-refractivity contribution < 1.29 is 14.3 Å². The quantitative estimate of drug-likeness (QED) is 0.647. The van der Waals surface area contributed by atoms with Crippen LogP contribution in [0.1, 0.15) is 21.1 Å². The lowest BCUT2D eigenvalue weighted by atomic mass is 10.2. The van der Waals surface area contributed by atoms with Gasteiger partial charge in [0.1, 0.15) is 11.4 Å². The largest absolute Gasteiger partial charge is 0.484 e. The summed E-state index contributed by atoms with van der Waals surface area (Å²) in [5.74, 6) is -0.261. The van der Waals surface area contributed by atoms with Crippen LogP contribution < -0.4 is 21.5 Å². The Hall–Kier alpha value is -2.45. The molecule has 122 valence electrons. The number of amides is 2. The number of carbonyl (C=O) groups excluding carboxylic acids is 2. The number of ether oxygens (including phenoxy) is 1.